The molecule has 1 aliphatic rings. The maximum Gasteiger partial charge on any atom is 0.0702 e. The molecule has 0 bridgehead atoms. The van der Waals surface area contributed by atoms with Gasteiger partial charge in [-0.15, -0.1) is 0 Å². The standard InChI is InChI=1S/C17H36N2O/c1-6-11-18-16(17(3,4)5)10-13-19-12-8-9-15(14-19)20-7-2/h15-16,18H,6-14H2,1-5H3. The third-order valence-electron chi connectivity index (χ3n) is 4.28. The zero-order valence-electron chi connectivity index (χ0n) is 14.4. The molecule has 0 aromatic carbocycles. The van der Waals surface area contributed by atoms with Gasteiger partial charge in [0, 0.05) is 19.2 Å². The molecule has 0 saturated carbocycles. The molecule has 0 amide bonds. The molecule has 1 fully saturated rings. The van der Waals surface area contributed by atoms with Crippen molar-refractivity contribution in [2.24, 2.45) is 5.41 Å². The molecule has 3 nitrogen and oxygen atoms in total. The molecule has 1 N–H and O–H groups in total. The van der Waals surface area contributed by atoms with Crippen LogP contribution in [0.5, 0.6) is 0 Å². The van der Waals surface area contributed by atoms with Crippen LogP contribution >= 0.6 is 0 Å². The average Bonchev–Trinajstić information content (AvgIpc) is 2.38. The first-order valence-electron chi connectivity index (χ1n) is 8.54. The van der Waals surface area contributed by atoms with Crippen LogP contribution in [0.2, 0.25) is 0 Å². The quantitative estimate of drug-likeness (QED) is 0.740. The molecule has 3 heteroatoms. The van der Waals surface area contributed by atoms with Gasteiger partial charge in [0.25, 0.3) is 0 Å². The van der Waals surface area contributed by atoms with Gasteiger partial charge in [0.1, 0.15) is 0 Å². The molecule has 120 valence electrons. The highest BCUT2D eigenvalue weighted by Crippen LogP contribution is 2.23. The van der Waals surface area contributed by atoms with E-state index < -0.39 is 0 Å². The second-order valence-electron chi connectivity index (χ2n) is 7.18. The molecule has 0 radical (unpaired) electrons. The van der Waals surface area contributed by atoms with Crippen molar-refractivity contribution in [3.63, 3.8) is 0 Å². The monoisotopic (exact) mass is 284 g/mol. The Balaban J connectivity index is 2.38. The molecule has 2 atom stereocenters. The lowest BCUT2D eigenvalue weighted by molar-refractivity contribution is 0.00407. The molecular formula is C17H36N2O. The number of rotatable bonds is 8. The maximum atomic E-state index is 5.79. The fourth-order valence-electron chi connectivity index (χ4n) is 3.06. The lowest BCUT2D eigenvalue weighted by Gasteiger charge is -2.36. The Hall–Kier alpha value is -0.120. The van der Waals surface area contributed by atoms with E-state index in [1.54, 1.807) is 0 Å². The van der Waals surface area contributed by atoms with Crippen molar-refractivity contribution in [1.82, 2.24) is 10.2 Å². The van der Waals surface area contributed by atoms with Crippen LogP contribution in [-0.4, -0.2) is 49.8 Å². The Bertz CT molecular complexity index is 248. The minimum Gasteiger partial charge on any atom is -0.377 e. The topological polar surface area (TPSA) is 24.5 Å². The van der Waals surface area contributed by atoms with Crippen molar-refractivity contribution in [3.05, 3.63) is 0 Å². The highest BCUT2D eigenvalue weighted by Gasteiger charge is 2.26. The van der Waals surface area contributed by atoms with Crippen LogP contribution in [0.25, 0.3) is 0 Å². The van der Waals surface area contributed by atoms with Gasteiger partial charge in [-0.25, -0.2) is 0 Å². The average molecular weight is 284 g/mol. The third-order valence-corrected chi connectivity index (χ3v) is 4.28. The molecule has 1 rings (SSSR count). The summed E-state index contributed by atoms with van der Waals surface area (Å²) in [5.74, 6) is 0. The summed E-state index contributed by atoms with van der Waals surface area (Å²) in [6, 6.07) is 0.606. The summed E-state index contributed by atoms with van der Waals surface area (Å²) < 4.78 is 5.79. The predicted octanol–water partition coefficient (Wildman–Crippen LogP) is 3.29. The van der Waals surface area contributed by atoms with Gasteiger partial charge in [0.15, 0.2) is 0 Å². The molecule has 0 spiro atoms. The first kappa shape index (κ1) is 17.9. The number of piperidine rings is 1. The van der Waals surface area contributed by atoms with Crippen LogP contribution in [-0.2, 0) is 4.74 Å². The summed E-state index contributed by atoms with van der Waals surface area (Å²) in [6.45, 7) is 16.9. The number of ether oxygens (including phenoxy) is 1. The normalized spacial score (nSPS) is 22.9. The van der Waals surface area contributed by atoms with Crippen molar-refractivity contribution < 1.29 is 4.74 Å². The van der Waals surface area contributed by atoms with Gasteiger partial charge in [0.2, 0.25) is 0 Å². The first-order valence-corrected chi connectivity index (χ1v) is 8.54. The van der Waals surface area contributed by atoms with Crippen LogP contribution in [0, 0.1) is 5.41 Å². The van der Waals surface area contributed by atoms with Gasteiger partial charge in [-0.1, -0.05) is 27.7 Å². The van der Waals surface area contributed by atoms with Crippen molar-refractivity contribution in [2.45, 2.75) is 72.4 Å². The second-order valence-corrected chi connectivity index (χ2v) is 7.18. The Morgan fingerprint density at radius 3 is 2.65 bits per heavy atom. The summed E-state index contributed by atoms with van der Waals surface area (Å²) in [5, 5.41) is 3.73. The fourth-order valence-corrected chi connectivity index (χ4v) is 3.06. The molecule has 0 aliphatic carbocycles. The van der Waals surface area contributed by atoms with Gasteiger partial charge in [-0.05, 0) is 57.7 Å². The summed E-state index contributed by atoms with van der Waals surface area (Å²) in [7, 11) is 0. The number of likely N-dealkylation sites (tertiary alicyclic amines) is 1. The number of hydrogen-bond acceptors (Lipinski definition) is 3. The van der Waals surface area contributed by atoms with Gasteiger partial charge in [-0.3, -0.25) is 0 Å². The largest absolute Gasteiger partial charge is 0.377 e. The Morgan fingerprint density at radius 2 is 2.05 bits per heavy atom. The zero-order valence-corrected chi connectivity index (χ0v) is 14.4. The molecule has 0 aromatic rings. The van der Waals surface area contributed by atoms with Crippen LogP contribution in [0.1, 0.15) is 60.3 Å². The van der Waals surface area contributed by atoms with Gasteiger partial charge in [0.05, 0.1) is 6.10 Å². The molecule has 1 aliphatic heterocycles. The lowest BCUT2D eigenvalue weighted by atomic mass is 9.84. The minimum atomic E-state index is 0.338. The zero-order chi connectivity index (χ0) is 15.0. The van der Waals surface area contributed by atoms with Crippen molar-refractivity contribution >= 4 is 0 Å². The van der Waals surface area contributed by atoms with E-state index in [1.165, 1.54) is 38.8 Å². The van der Waals surface area contributed by atoms with Crippen molar-refractivity contribution in [1.29, 1.82) is 0 Å². The van der Waals surface area contributed by atoms with E-state index in [2.05, 4.69) is 44.8 Å². The lowest BCUT2D eigenvalue weighted by Crippen LogP contribution is -2.45. The van der Waals surface area contributed by atoms with E-state index in [1.807, 2.05) is 0 Å². The summed E-state index contributed by atoms with van der Waals surface area (Å²) in [6.07, 6.45) is 5.44. The molecule has 2 unspecified atom stereocenters. The van der Waals surface area contributed by atoms with Crippen molar-refractivity contribution in [2.75, 3.05) is 32.8 Å². The SMILES string of the molecule is CCCNC(CCN1CCCC(OCC)C1)C(C)(C)C. The van der Waals surface area contributed by atoms with Crippen LogP contribution in [0.15, 0.2) is 0 Å². The van der Waals surface area contributed by atoms with E-state index >= 15 is 0 Å². The summed E-state index contributed by atoms with van der Waals surface area (Å²) in [5.41, 5.74) is 0.338. The summed E-state index contributed by atoms with van der Waals surface area (Å²) >= 11 is 0. The fraction of sp³-hybridized carbons (Fsp3) is 1.00. The van der Waals surface area contributed by atoms with E-state index in [9.17, 15) is 0 Å². The molecule has 0 aromatic heterocycles. The van der Waals surface area contributed by atoms with E-state index in [0.29, 0.717) is 17.6 Å². The second kappa shape index (κ2) is 9.01. The number of hydrogen-bond donors (Lipinski definition) is 1. The molecule has 20 heavy (non-hydrogen) atoms. The molecular weight excluding hydrogens is 248 g/mol. The Kier molecular flexibility index (Phi) is 8.08. The smallest absolute Gasteiger partial charge is 0.0702 e. The predicted molar refractivity (Wildman–Crippen MR) is 87.2 cm³/mol. The maximum absolute atomic E-state index is 5.79. The van der Waals surface area contributed by atoms with Gasteiger partial charge in [-0.2, -0.15) is 0 Å². The number of nitrogens with zero attached hydrogens (tertiary/aromatic N) is 1. The first-order chi connectivity index (χ1) is 9.47. The van der Waals surface area contributed by atoms with E-state index in [4.69, 9.17) is 4.74 Å². The van der Waals surface area contributed by atoms with E-state index in [0.717, 1.165) is 19.7 Å². The van der Waals surface area contributed by atoms with Gasteiger partial charge >= 0.3 is 0 Å². The van der Waals surface area contributed by atoms with Crippen LogP contribution in [0.3, 0.4) is 0 Å². The highest BCUT2D eigenvalue weighted by atomic mass is 16.5. The van der Waals surface area contributed by atoms with Crippen molar-refractivity contribution in [3.8, 4) is 0 Å². The van der Waals surface area contributed by atoms with E-state index in [-0.39, 0.29) is 0 Å². The van der Waals surface area contributed by atoms with Crippen LogP contribution < -0.4 is 5.32 Å². The molecule has 1 heterocycles. The highest BCUT2D eigenvalue weighted by molar-refractivity contribution is 4.82. The summed E-state index contributed by atoms with van der Waals surface area (Å²) in [4.78, 5) is 2.59. The van der Waals surface area contributed by atoms with Gasteiger partial charge < -0.3 is 15.0 Å². The minimum absolute atomic E-state index is 0.338. The Morgan fingerprint density at radius 1 is 1.30 bits per heavy atom. The number of nitrogens with one attached hydrogen (secondary N) is 1. The van der Waals surface area contributed by atoms with Crippen LogP contribution in [0.4, 0.5) is 0 Å². The third kappa shape index (κ3) is 6.55. The molecule has 1 saturated heterocycles. The Labute approximate surface area is 126 Å².